The molecule has 0 aliphatic carbocycles. The molecule has 0 aliphatic heterocycles. The minimum atomic E-state index is -0.677. The summed E-state index contributed by atoms with van der Waals surface area (Å²) in [4.78, 5) is 2.01. The van der Waals surface area contributed by atoms with E-state index in [1.807, 2.05) is 39.6 Å². The van der Waals surface area contributed by atoms with Crippen molar-refractivity contribution in [3.05, 3.63) is 0 Å². The molecule has 0 aromatic heterocycles. The molecular formula is C11H22N2O. The van der Waals surface area contributed by atoms with Crippen LogP contribution in [0.2, 0.25) is 0 Å². The highest BCUT2D eigenvalue weighted by atomic mass is 16.3. The molecule has 3 heteroatoms. The van der Waals surface area contributed by atoms with Gasteiger partial charge in [-0.3, -0.25) is 0 Å². The molecule has 3 nitrogen and oxygen atoms in total. The molecule has 1 N–H and O–H groups in total. The predicted molar refractivity (Wildman–Crippen MR) is 57.7 cm³/mol. The molecule has 14 heavy (non-hydrogen) atoms. The van der Waals surface area contributed by atoms with Crippen LogP contribution in [-0.4, -0.2) is 35.7 Å². The molecule has 0 rings (SSSR count). The van der Waals surface area contributed by atoms with E-state index in [4.69, 9.17) is 5.26 Å². The van der Waals surface area contributed by atoms with Gasteiger partial charge in [-0.1, -0.05) is 13.8 Å². The summed E-state index contributed by atoms with van der Waals surface area (Å²) in [6.45, 7) is 9.05. The zero-order valence-corrected chi connectivity index (χ0v) is 9.91. The molecule has 0 fully saturated rings. The molecule has 0 spiro atoms. The van der Waals surface area contributed by atoms with E-state index < -0.39 is 5.60 Å². The Bertz CT molecular complexity index is 206. The van der Waals surface area contributed by atoms with Crippen LogP contribution in [0.1, 0.15) is 27.7 Å². The topological polar surface area (TPSA) is 47.3 Å². The highest BCUT2D eigenvalue weighted by Gasteiger charge is 2.26. The Kier molecular flexibility index (Phi) is 5.11. The molecule has 0 radical (unpaired) electrons. The number of likely N-dealkylation sites (N-methyl/N-ethyl adjacent to an activating group) is 1. The first-order chi connectivity index (χ1) is 6.29. The highest BCUT2D eigenvalue weighted by Crippen LogP contribution is 2.17. The minimum absolute atomic E-state index is 0.0166. The summed E-state index contributed by atoms with van der Waals surface area (Å²) in [5.41, 5.74) is -0.677. The van der Waals surface area contributed by atoms with Crippen LogP contribution >= 0.6 is 0 Å². The maximum Gasteiger partial charge on any atom is 0.0768 e. The maximum atomic E-state index is 10.0. The molecule has 2 atom stereocenters. The van der Waals surface area contributed by atoms with Crippen molar-refractivity contribution in [1.29, 1.82) is 5.26 Å². The Morgan fingerprint density at radius 3 is 2.29 bits per heavy atom. The van der Waals surface area contributed by atoms with Gasteiger partial charge in [-0.2, -0.15) is 5.26 Å². The molecule has 0 bridgehead atoms. The summed E-state index contributed by atoms with van der Waals surface area (Å²) >= 11 is 0. The molecule has 0 amide bonds. The zero-order chi connectivity index (χ0) is 11.4. The Hall–Kier alpha value is -0.590. The molecule has 0 aliphatic rings. The van der Waals surface area contributed by atoms with E-state index in [0.29, 0.717) is 13.1 Å². The third-order valence-corrected chi connectivity index (χ3v) is 2.64. The van der Waals surface area contributed by atoms with E-state index in [1.165, 1.54) is 0 Å². The van der Waals surface area contributed by atoms with Crippen molar-refractivity contribution in [3.8, 4) is 6.07 Å². The van der Waals surface area contributed by atoms with Crippen LogP contribution < -0.4 is 0 Å². The van der Waals surface area contributed by atoms with Crippen LogP contribution in [0.4, 0.5) is 0 Å². The van der Waals surface area contributed by atoms with E-state index in [2.05, 4.69) is 6.07 Å². The van der Waals surface area contributed by atoms with Crippen LogP contribution in [0.15, 0.2) is 0 Å². The largest absolute Gasteiger partial charge is 0.389 e. The minimum Gasteiger partial charge on any atom is -0.389 e. The summed E-state index contributed by atoms with van der Waals surface area (Å²) in [6, 6.07) is 2.19. The van der Waals surface area contributed by atoms with Crippen molar-refractivity contribution < 1.29 is 5.11 Å². The second-order valence-electron chi connectivity index (χ2n) is 4.74. The average Bonchev–Trinajstić information content (AvgIpc) is 2.02. The number of hydrogen-bond donors (Lipinski definition) is 1. The van der Waals surface area contributed by atoms with Gasteiger partial charge in [0.1, 0.15) is 0 Å². The van der Waals surface area contributed by atoms with Crippen LogP contribution in [0, 0.1) is 23.2 Å². The summed E-state index contributed by atoms with van der Waals surface area (Å²) in [6.07, 6.45) is 0. The van der Waals surface area contributed by atoms with E-state index >= 15 is 0 Å². The van der Waals surface area contributed by atoms with Crippen LogP contribution in [0.25, 0.3) is 0 Å². The zero-order valence-electron chi connectivity index (χ0n) is 9.91. The molecule has 2 unspecified atom stereocenters. The molecule has 0 heterocycles. The standard InChI is InChI=1S/C11H22N2O/c1-9(2)11(4,14)8-13(5)7-10(3)6-12/h9-10,14H,7-8H2,1-5H3. The number of nitrogens with zero attached hydrogens (tertiary/aromatic N) is 2. The van der Waals surface area contributed by atoms with Crippen LogP contribution in [0.3, 0.4) is 0 Å². The number of nitriles is 1. The number of hydrogen-bond acceptors (Lipinski definition) is 3. The summed E-state index contributed by atoms with van der Waals surface area (Å²) in [7, 11) is 1.94. The average molecular weight is 198 g/mol. The number of rotatable bonds is 5. The smallest absolute Gasteiger partial charge is 0.0768 e. The fourth-order valence-electron chi connectivity index (χ4n) is 1.30. The van der Waals surface area contributed by atoms with Gasteiger partial charge in [0.25, 0.3) is 0 Å². The van der Waals surface area contributed by atoms with Crippen molar-refractivity contribution in [2.75, 3.05) is 20.1 Å². The predicted octanol–water partition coefficient (Wildman–Crippen LogP) is 1.48. The van der Waals surface area contributed by atoms with E-state index in [0.717, 1.165) is 0 Å². The molecule has 0 aromatic carbocycles. The van der Waals surface area contributed by atoms with Gasteiger partial charge in [0.05, 0.1) is 17.6 Å². The van der Waals surface area contributed by atoms with Gasteiger partial charge in [0.2, 0.25) is 0 Å². The van der Waals surface area contributed by atoms with Crippen LogP contribution in [-0.2, 0) is 0 Å². The Morgan fingerprint density at radius 2 is 1.93 bits per heavy atom. The lowest BCUT2D eigenvalue weighted by molar-refractivity contribution is -0.0142. The second-order valence-corrected chi connectivity index (χ2v) is 4.74. The molecule has 0 saturated heterocycles. The first-order valence-corrected chi connectivity index (χ1v) is 5.10. The molecular weight excluding hydrogens is 176 g/mol. The van der Waals surface area contributed by atoms with Gasteiger partial charge < -0.3 is 10.0 Å². The van der Waals surface area contributed by atoms with E-state index in [-0.39, 0.29) is 11.8 Å². The van der Waals surface area contributed by atoms with Crippen molar-refractivity contribution in [2.45, 2.75) is 33.3 Å². The highest BCUT2D eigenvalue weighted by molar-refractivity contribution is 4.84. The Labute approximate surface area is 87.3 Å². The lowest BCUT2D eigenvalue weighted by Crippen LogP contribution is -2.44. The lowest BCUT2D eigenvalue weighted by atomic mass is 9.92. The first-order valence-electron chi connectivity index (χ1n) is 5.10. The van der Waals surface area contributed by atoms with Crippen molar-refractivity contribution >= 4 is 0 Å². The summed E-state index contributed by atoms with van der Waals surface area (Å²) in [5, 5.41) is 18.7. The quantitative estimate of drug-likeness (QED) is 0.728. The summed E-state index contributed by atoms with van der Waals surface area (Å²) < 4.78 is 0. The van der Waals surface area contributed by atoms with Crippen molar-refractivity contribution in [2.24, 2.45) is 11.8 Å². The SMILES string of the molecule is CC(C#N)CN(C)CC(C)(O)C(C)C. The number of aliphatic hydroxyl groups is 1. The molecule has 82 valence electrons. The van der Waals surface area contributed by atoms with E-state index in [9.17, 15) is 5.11 Å². The van der Waals surface area contributed by atoms with Gasteiger partial charge in [-0.05, 0) is 26.8 Å². The molecule has 0 aromatic rings. The van der Waals surface area contributed by atoms with Gasteiger partial charge >= 0.3 is 0 Å². The van der Waals surface area contributed by atoms with Gasteiger partial charge in [0.15, 0.2) is 0 Å². The normalized spacial score (nSPS) is 17.9. The van der Waals surface area contributed by atoms with Gasteiger partial charge in [0, 0.05) is 13.1 Å². The fraction of sp³-hybridized carbons (Fsp3) is 0.909. The van der Waals surface area contributed by atoms with Crippen LogP contribution in [0.5, 0.6) is 0 Å². The van der Waals surface area contributed by atoms with Gasteiger partial charge in [-0.25, -0.2) is 0 Å². The first kappa shape index (κ1) is 13.4. The van der Waals surface area contributed by atoms with E-state index in [1.54, 1.807) is 0 Å². The van der Waals surface area contributed by atoms with Crippen molar-refractivity contribution in [1.82, 2.24) is 4.90 Å². The Balaban J connectivity index is 4.06. The molecule has 0 saturated carbocycles. The maximum absolute atomic E-state index is 10.0. The Morgan fingerprint density at radius 1 is 1.43 bits per heavy atom. The third kappa shape index (κ3) is 4.59. The fourth-order valence-corrected chi connectivity index (χ4v) is 1.30. The third-order valence-electron chi connectivity index (χ3n) is 2.64. The second kappa shape index (κ2) is 5.33. The summed E-state index contributed by atoms with van der Waals surface area (Å²) in [5.74, 6) is 0.241. The monoisotopic (exact) mass is 198 g/mol. The van der Waals surface area contributed by atoms with Gasteiger partial charge in [-0.15, -0.1) is 0 Å². The lowest BCUT2D eigenvalue weighted by Gasteiger charge is -2.32. The van der Waals surface area contributed by atoms with Crippen molar-refractivity contribution in [3.63, 3.8) is 0 Å².